The summed E-state index contributed by atoms with van der Waals surface area (Å²) in [7, 11) is 0. The normalized spacial score (nSPS) is 28.1. The van der Waals surface area contributed by atoms with Crippen molar-refractivity contribution in [1.82, 2.24) is 4.90 Å². The molecule has 8 nitrogen and oxygen atoms in total. The first-order valence-electron chi connectivity index (χ1n) is 11.6. The zero-order chi connectivity index (χ0) is 24.3. The maximum atomic E-state index is 14.0. The molecule has 0 saturated heterocycles. The zero-order valence-corrected chi connectivity index (χ0v) is 19.6. The van der Waals surface area contributed by atoms with E-state index in [0.29, 0.717) is 37.3 Å². The lowest BCUT2D eigenvalue weighted by molar-refractivity contribution is -0.384. The molecule has 2 aromatic rings. The van der Waals surface area contributed by atoms with Crippen LogP contribution < -0.4 is 5.43 Å². The fourth-order valence-corrected chi connectivity index (χ4v) is 6.16. The number of nitro benzene ring substituents is 1. The van der Waals surface area contributed by atoms with Gasteiger partial charge in [0.1, 0.15) is 11.1 Å². The molecule has 1 amide bonds. The number of ketones is 1. The maximum Gasteiger partial charge on any atom is 0.269 e. The smallest absolute Gasteiger partial charge is 0.269 e. The van der Waals surface area contributed by atoms with Crippen LogP contribution in [0.3, 0.4) is 0 Å². The third-order valence-electron chi connectivity index (χ3n) is 8.73. The number of amides is 1. The van der Waals surface area contributed by atoms with Crippen LogP contribution in [0.2, 0.25) is 0 Å². The summed E-state index contributed by atoms with van der Waals surface area (Å²) in [5, 5.41) is 15.4. The zero-order valence-electron chi connectivity index (χ0n) is 19.6. The highest BCUT2D eigenvalue weighted by molar-refractivity contribution is 6.50. The minimum Gasteiger partial charge on any atom is -0.337 e. The van der Waals surface area contributed by atoms with Gasteiger partial charge in [0.05, 0.1) is 10.6 Å². The highest BCUT2D eigenvalue weighted by Crippen LogP contribution is 2.69. The van der Waals surface area contributed by atoms with Crippen LogP contribution in [-0.4, -0.2) is 33.8 Å². The molecule has 2 fully saturated rings. The highest BCUT2D eigenvalue weighted by atomic mass is 16.6. The Morgan fingerprint density at radius 3 is 2.41 bits per heavy atom. The summed E-state index contributed by atoms with van der Waals surface area (Å²) in [5.74, 6) is -0.300. The monoisotopic (exact) mass is 460 g/mol. The van der Waals surface area contributed by atoms with E-state index >= 15 is 0 Å². The molecule has 2 saturated carbocycles. The molecule has 3 aliphatic rings. The van der Waals surface area contributed by atoms with E-state index in [1.807, 2.05) is 43.9 Å². The van der Waals surface area contributed by atoms with Gasteiger partial charge in [0.25, 0.3) is 5.69 Å². The number of nitrogens with zero attached hydrogens (tertiary/aromatic N) is 3. The van der Waals surface area contributed by atoms with Gasteiger partial charge in [0.2, 0.25) is 5.91 Å². The van der Waals surface area contributed by atoms with Crippen molar-refractivity contribution in [3.05, 3.63) is 69.8 Å². The third-order valence-corrected chi connectivity index (χ3v) is 8.73. The van der Waals surface area contributed by atoms with Gasteiger partial charge in [-0.1, -0.05) is 45.0 Å². The largest absolute Gasteiger partial charge is 0.337 e. The SMILES string of the molecule is CC12CCC(C(=O)N3CCc4ccccc4C3)(C(=O)/C1=N\Nc1ccc([N+](=O)[O-])cc1)C2(C)C. The molecule has 1 aliphatic heterocycles. The van der Waals surface area contributed by atoms with E-state index in [4.69, 9.17) is 0 Å². The van der Waals surface area contributed by atoms with Gasteiger partial charge < -0.3 is 4.90 Å². The van der Waals surface area contributed by atoms with Gasteiger partial charge in [0.15, 0.2) is 5.78 Å². The Morgan fingerprint density at radius 2 is 1.74 bits per heavy atom. The molecule has 2 atom stereocenters. The highest BCUT2D eigenvalue weighted by Gasteiger charge is 2.77. The van der Waals surface area contributed by atoms with E-state index in [1.165, 1.54) is 17.7 Å². The van der Waals surface area contributed by atoms with Gasteiger partial charge in [-0.05, 0) is 47.9 Å². The van der Waals surface area contributed by atoms with Crippen LogP contribution in [0.1, 0.15) is 44.7 Å². The Morgan fingerprint density at radius 1 is 1.06 bits per heavy atom. The molecule has 34 heavy (non-hydrogen) atoms. The van der Waals surface area contributed by atoms with Crippen LogP contribution in [0.15, 0.2) is 53.6 Å². The van der Waals surface area contributed by atoms with Crippen molar-refractivity contribution in [1.29, 1.82) is 0 Å². The molecule has 2 aromatic carbocycles. The second kappa shape index (κ2) is 7.48. The molecular weight excluding hydrogens is 432 g/mol. The maximum absolute atomic E-state index is 14.0. The fraction of sp³-hybridized carbons (Fsp3) is 0.423. The molecule has 176 valence electrons. The number of carbonyl (C=O) groups excluding carboxylic acids is 2. The average molecular weight is 461 g/mol. The van der Waals surface area contributed by atoms with Crippen molar-refractivity contribution in [2.45, 2.75) is 46.6 Å². The van der Waals surface area contributed by atoms with E-state index in [9.17, 15) is 19.7 Å². The summed E-state index contributed by atoms with van der Waals surface area (Å²) in [5.41, 5.74) is 3.91. The molecule has 0 radical (unpaired) electrons. The Hall–Kier alpha value is -3.55. The summed E-state index contributed by atoms with van der Waals surface area (Å²) in [6.45, 7) is 7.18. The van der Waals surface area contributed by atoms with Crippen molar-refractivity contribution in [3.8, 4) is 0 Å². The summed E-state index contributed by atoms with van der Waals surface area (Å²) in [6, 6.07) is 14.0. The number of nitrogens with one attached hydrogen (secondary N) is 1. The van der Waals surface area contributed by atoms with E-state index in [-0.39, 0.29) is 17.4 Å². The first kappa shape index (κ1) is 22.3. The summed E-state index contributed by atoms with van der Waals surface area (Å²) in [6.07, 6.45) is 2.00. The lowest BCUT2D eigenvalue weighted by Gasteiger charge is -2.41. The van der Waals surface area contributed by atoms with Crippen molar-refractivity contribution >= 4 is 28.8 Å². The number of hydrogen-bond acceptors (Lipinski definition) is 6. The summed E-state index contributed by atoms with van der Waals surface area (Å²) >= 11 is 0. The second-order valence-electron chi connectivity index (χ2n) is 10.3. The molecule has 2 aliphatic carbocycles. The van der Waals surface area contributed by atoms with Gasteiger partial charge in [-0.2, -0.15) is 5.10 Å². The Balaban J connectivity index is 1.45. The molecule has 0 spiro atoms. The molecular formula is C26H28N4O4. The standard InChI is InChI=1S/C26H28N4O4/c1-24(2)25(3)13-14-26(24,23(32)29-15-12-17-6-4-5-7-18(17)16-29)22(31)21(25)28-27-19-8-10-20(11-9-19)30(33)34/h4-11,27H,12-16H2,1-3H3/b28-21+. The summed E-state index contributed by atoms with van der Waals surface area (Å²) < 4.78 is 0. The predicted molar refractivity (Wildman–Crippen MR) is 128 cm³/mol. The number of benzene rings is 2. The van der Waals surface area contributed by atoms with Crippen LogP contribution in [0.4, 0.5) is 11.4 Å². The first-order chi connectivity index (χ1) is 16.1. The van der Waals surface area contributed by atoms with Crippen molar-refractivity contribution in [2.75, 3.05) is 12.0 Å². The number of anilines is 1. The van der Waals surface area contributed by atoms with Gasteiger partial charge in [-0.15, -0.1) is 0 Å². The number of Topliss-reactive ketones (excluding diaryl/α,β-unsaturated/α-hetero) is 1. The minimum atomic E-state index is -1.13. The topological polar surface area (TPSA) is 105 Å². The Labute approximate surface area is 198 Å². The molecule has 0 aromatic heterocycles. The van der Waals surface area contributed by atoms with Crippen molar-refractivity contribution in [2.24, 2.45) is 21.3 Å². The lowest BCUT2D eigenvalue weighted by Crippen LogP contribution is -2.53. The van der Waals surface area contributed by atoms with Crippen molar-refractivity contribution < 1.29 is 14.5 Å². The number of hydrazone groups is 1. The molecule has 5 rings (SSSR count). The van der Waals surface area contributed by atoms with Gasteiger partial charge in [-0.25, -0.2) is 0 Å². The minimum absolute atomic E-state index is 0.0186. The molecule has 8 heteroatoms. The Kier molecular flexibility index (Phi) is 4.90. The van der Waals surface area contributed by atoms with Gasteiger partial charge in [-0.3, -0.25) is 25.1 Å². The van der Waals surface area contributed by atoms with E-state index in [0.717, 1.165) is 12.0 Å². The van der Waals surface area contributed by atoms with Gasteiger partial charge >= 0.3 is 0 Å². The van der Waals surface area contributed by atoms with Gasteiger partial charge in [0, 0.05) is 30.6 Å². The quantitative estimate of drug-likeness (QED) is 0.415. The number of hydrogen-bond donors (Lipinski definition) is 1. The number of rotatable bonds is 4. The molecule has 1 N–H and O–H groups in total. The summed E-state index contributed by atoms with van der Waals surface area (Å²) in [4.78, 5) is 40.2. The van der Waals surface area contributed by atoms with Crippen LogP contribution in [0, 0.1) is 26.4 Å². The molecule has 2 bridgehead atoms. The van der Waals surface area contributed by atoms with E-state index in [1.54, 1.807) is 12.1 Å². The number of carbonyl (C=O) groups is 2. The lowest BCUT2D eigenvalue weighted by atomic mass is 9.64. The fourth-order valence-electron chi connectivity index (χ4n) is 6.16. The van der Waals surface area contributed by atoms with Crippen LogP contribution in [0.25, 0.3) is 0 Å². The van der Waals surface area contributed by atoms with E-state index < -0.39 is 21.2 Å². The number of non-ortho nitro benzene ring substituents is 1. The second-order valence-corrected chi connectivity index (χ2v) is 10.3. The molecule has 1 heterocycles. The number of nitro groups is 1. The van der Waals surface area contributed by atoms with Crippen molar-refractivity contribution in [3.63, 3.8) is 0 Å². The Bertz CT molecular complexity index is 1240. The number of fused-ring (bicyclic) bond motifs is 3. The van der Waals surface area contributed by atoms with Crippen LogP contribution in [0.5, 0.6) is 0 Å². The predicted octanol–water partition coefficient (Wildman–Crippen LogP) is 4.34. The molecule has 2 unspecified atom stereocenters. The van der Waals surface area contributed by atoms with Crippen LogP contribution >= 0.6 is 0 Å². The van der Waals surface area contributed by atoms with E-state index in [2.05, 4.69) is 16.6 Å². The van der Waals surface area contributed by atoms with Crippen LogP contribution in [-0.2, 0) is 22.6 Å². The average Bonchev–Trinajstić information content (AvgIpc) is 3.11. The first-order valence-corrected chi connectivity index (χ1v) is 11.6. The third kappa shape index (κ3) is 2.87.